The van der Waals surface area contributed by atoms with Crippen molar-refractivity contribution in [1.82, 2.24) is 0 Å². The van der Waals surface area contributed by atoms with E-state index in [9.17, 15) is 10.2 Å². The topological polar surface area (TPSA) is 92.5 Å². The van der Waals surface area contributed by atoms with Gasteiger partial charge in [-0.2, -0.15) is 0 Å². The lowest BCUT2D eigenvalue weighted by Crippen LogP contribution is -1.96. The maximum absolute atomic E-state index is 9.78. The van der Waals surface area contributed by atoms with E-state index in [1.807, 2.05) is 13.8 Å². The molecule has 2 aromatic carbocycles. The van der Waals surface area contributed by atoms with E-state index < -0.39 is 0 Å². The Morgan fingerprint density at radius 3 is 2.17 bits per heavy atom. The SMILES string of the molecule is Cc1c(-c2ccc(N)c(O)c2)cc(O)c(N)c1C. The molecule has 0 aliphatic rings. The van der Waals surface area contributed by atoms with E-state index in [1.165, 1.54) is 0 Å². The van der Waals surface area contributed by atoms with Gasteiger partial charge in [0.1, 0.15) is 11.5 Å². The molecule has 6 N–H and O–H groups in total. The fourth-order valence-electron chi connectivity index (χ4n) is 1.93. The van der Waals surface area contributed by atoms with Gasteiger partial charge in [0.2, 0.25) is 0 Å². The molecule has 0 amide bonds. The third-order valence-electron chi connectivity index (χ3n) is 3.27. The Balaban J connectivity index is 2.67. The molecule has 18 heavy (non-hydrogen) atoms. The predicted molar refractivity (Wildman–Crippen MR) is 73.5 cm³/mol. The number of nitrogen functional groups attached to an aromatic ring is 2. The molecule has 94 valence electrons. The van der Waals surface area contributed by atoms with Crippen LogP contribution in [-0.2, 0) is 0 Å². The Morgan fingerprint density at radius 1 is 0.889 bits per heavy atom. The minimum Gasteiger partial charge on any atom is -0.506 e. The highest BCUT2D eigenvalue weighted by atomic mass is 16.3. The second-order valence-corrected chi connectivity index (χ2v) is 4.38. The molecule has 0 unspecified atom stereocenters. The number of nitrogens with two attached hydrogens (primary N) is 2. The maximum atomic E-state index is 9.78. The lowest BCUT2D eigenvalue weighted by Gasteiger charge is -2.13. The number of phenols is 2. The number of benzene rings is 2. The molecule has 0 aromatic heterocycles. The van der Waals surface area contributed by atoms with Gasteiger partial charge in [-0.1, -0.05) is 6.07 Å². The van der Waals surface area contributed by atoms with E-state index in [0.717, 1.165) is 22.3 Å². The quantitative estimate of drug-likeness (QED) is 0.458. The van der Waals surface area contributed by atoms with Crippen LogP contribution in [0.4, 0.5) is 11.4 Å². The number of hydrogen-bond acceptors (Lipinski definition) is 4. The van der Waals surface area contributed by atoms with Gasteiger partial charge in [0.05, 0.1) is 11.4 Å². The third kappa shape index (κ3) is 1.82. The van der Waals surface area contributed by atoms with E-state index in [-0.39, 0.29) is 11.5 Å². The second-order valence-electron chi connectivity index (χ2n) is 4.38. The number of hydrogen-bond donors (Lipinski definition) is 4. The lowest BCUT2D eigenvalue weighted by molar-refractivity contribution is 0.476. The monoisotopic (exact) mass is 244 g/mol. The molecule has 0 heterocycles. The maximum Gasteiger partial charge on any atom is 0.139 e. The molecule has 0 spiro atoms. The zero-order chi connectivity index (χ0) is 13.4. The summed E-state index contributed by atoms with van der Waals surface area (Å²) in [5.74, 6) is 0.0743. The summed E-state index contributed by atoms with van der Waals surface area (Å²) in [6.07, 6.45) is 0. The molecule has 0 bridgehead atoms. The van der Waals surface area contributed by atoms with Crippen LogP contribution in [0.25, 0.3) is 11.1 Å². The number of phenolic OH excluding ortho intramolecular Hbond substituents is 2. The minimum atomic E-state index is 0.0286. The summed E-state index contributed by atoms with van der Waals surface area (Å²) in [5, 5.41) is 19.4. The molecule has 0 aliphatic heterocycles. The summed E-state index contributed by atoms with van der Waals surface area (Å²) in [6.45, 7) is 3.78. The molecule has 4 heteroatoms. The van der Waals surface area contributed by atoms with Crippen LogP contribution in [0.1, 0.15) is 11.1 Å². The first-order chi connectivity index (χ1) is 8.41. The number of aromatic hydroxyl groups is 2. The van der Waals surface area contributed by atoms with Crippen molar-refractivity contribution in [1.29, 1.82) is 0 Å². The second kappa shape index (κ2) is 4.14. The van der Waals surface area contributed by atoms with Crippen molar-refractivity contribution in [2.75, 3.05) is 11.5 Å². The Kier molecular flexibility index (Phi) is 2.79. The highest BCUT2D eigenvalue weighted by molar-refractivity contribution is 5.78. The van der Waals surface area contributed by atoms with E-state index in [4.69, 9.17) is 11.5 Å². The summed E-state index contributed by atoms with van der Waals surface area (Å²) in [6, 6.07) is 6.61. The molecule has 0 saturated carbocycles. The molecule has 2 rings (SSSR count). The van der Waals surface area contributed by atoms with E-state index >= 15 is 0 Å². The van der Waals surface area contributed by atoms with Gasteiger partial charge in [-0.3, -0.25) is 0 Å². The lowest BCUT2D eigenvalue weighted by atomic mass is 9.95. The minimum absolute atomic E-state index is 0.0286. The normalized spacial score (nSPS) is 10.6. The first-order valence-electron chi connectivity index (χ1n) is 5.59. The Morgan fingerprint density at radius 2 is 1.56 bits per heavy atom. The number of anilines is 2. The van der Waals surface area contributed by atoms with Crippen molar-refractivity contribution in [3.63, 3.8) is 0 Å². The van der Waals surface area contributed by atoms with Crippen LogP contribution in [0, 0.1) is 13.8 Å². The first-order valence-corrected chi connectivity index (χ1v) is 5.59. The van der Waals surface area contributed by atoms with Crippen LogP contribution in [0.5, 0.6) is 11.5 Å². The summed E-state index contributed by atoms with van der Waals surface area (Å²) in [5.41, 5.74) is 15.5. The van der Waals surface area contributed by atoms with Crippen molar-refractivity contribution in [2.24, 2.45) is 0 Å². The average Bonchev–Trinajstić information content (AvgIpc) is 2.35. The predicted octanol–water partition coefficient (Wildman–Crippen LogP) is 2.55. The van der Waals surface area contributed by atoms with Crippen LogP contribution in [-0.4, -0.2) is 10.2 Å². The van der Waals surface area contributed by atoms with Gasteiger partial charge in [-0.15, -0.1) is 0 Å². The molecule has 4 nitrogen and oxygen atoms in total. The summed E-state index contributed by atoms with van der Waals surface area (Å²) >= 11 is 0. The Labute approximate surface area is 105 Å². The summed E-state index contributed by atoms with van der Waals surface area (Å²) in [4.78, 5) is 0. The largest absolute Gasteiger partial charge is 0.506 e. The Hall–Kier alpha value is -2.36. The fourth-order valence-corrected chi connectivity index (χ4v) is 1.93. The molecular formula is C14H16N2O2. The van der Waals surface area contributed by atoms with Crippen molar-refractivity contribution in [2.45, 2.75) is 13.8 Å². The van der Waals surface area contributed by atoms with Gasteiger partial charge in [-0.05, 0) is 54.3 Å². The van der Waals surface area contributed by atoms with Crippen molar-refractivity contribution >= 4 is 11.4 Å². The molecule has 0 radical (unpaired) electrons. The van der Waals surface area contributed by atoms with Gasteiger partial charge >= 0.3 is 0 Å². The zero-order valence-electron chi connectivity index (χ0n) is 10.4. The standard InChI is InChI=1S/C14H16N2O2/c1-7-8(2)14(16)13(18)6-10(7)9-3-4-11(15)12(17)5-9/h3-6,17-18H,15-16H2,1-2H3. The summed E-state index contributed by atoms with van der Waals surface area (Å²) < 4.78 is 0. The molecule has 0 atom stereocenters. The first kappa shape index (κ1) is 12.1. The average molecular weight is 244 g/mol. The Bertz CT molecular complexity index is 622. The van der Waals surface area contributed by atoms with Crippen LogP contribution in [0.2, 0.25) is 0 Å². The summed E-state index contributed by atoms with van der Waals surface area (Å²) in [7, 11) is 0. The van der Waals surface area contributed by atoms with Crippen LogP contribution in [0.3, 0.4) is 0 Å². The van der Waals surface area contributed by atoms with E-state index in [1.54, 1.807) is 24.3 Å². The van der Waals surface area contributed by atoms with Crippen LogP contribution < -0.4 is 11.5 Å². The van der Waals surface area contributed by atoms with E-state index in [0.29, 0.717) is 11.4 Å². The van der Waals surface area contributed by atoms with Gasteiger partial charge in [0.15, 0.2) is 0 Å². The highest BCUT2D eigenvalue weighted by Crippen LogP contribution is 2.37. The number of rotatable bonds is 1. The molecule has 0 fully saturated rings. The molecule has 0 saturated heterocycles. The van der Waals surface area contributed by atoms with Gasteiger partial charge in [0, 0.05) is 0 Å². The molecule has 2 aromatic rings. The van der Waals surface area contributed by atoms with Crippen LogP contribution >= 0.6 is 0 Å². The van der Waals surface area contributed by atoms with Crippen molar-refractivity contribution in [3.8, 4) is 22.6 Å². The van der Waals surface area contributed by atoms with E-state index in [2.05, 4.69) is 0 Å². The van der Waals surface area contributed by atoms with Crippen molar-refractivity contribution in [3.05, 3.63) is 35.4 Å². The smallest absolute Gasteiger partial charge is 0.139 e. The molecular weight excluding hydrogens is 228 g/mol. The van der Waals surface area contributed by atoms with Gasteiger partial charge in [0.25, 0.3) is 0 Å². The van der Waals surface area contributed by atoms with Gasteiger partial charge < -0.3 is 21.7 Å². The highest BCUT2D eigenvalue weighted by Gasteiger charge is 2.12. The molecule has 0 aliphatic carbocycles. The third-order valence-corrected chi connectivity index (χ3v) is 3.27. The fraction of sp³-hybridized carbons (Fsp3) is 0.143. The van der Waals surface area contributed by atoms with Gasteiger partial charge in [-0.25, -0.2) is 0 Å². The zero-order valence-corrected chi connectivity index (χ0v) is 10.4. The van der Waals surface area contributed by atoms with Crippen molar-refractivity contribution < 1.29 is 10.2 Å². The van der Waals surface area contributed by atoms with Crippen LogP contribution in [0.15, 0.2) is 24.3 Å².